The first kappa shape index (κ1) is 23.8. The van der Waals surface area contributed by atoms with Crippen molar-refractivity contribution in [3.05, 3.63) is 12.2 Å². The number of hydrogen-bond donors (Lipinski definition) is 3. The van der Waals surface area contributed by atoms with Gasteiger partial charge in [0, 0.05) is 42.7 Å². The number of carboxylic acids is 2. The monoisotopic (exact) mass is 392 g/mol. The van der Waals surface area contributed by atoms with Gasteiger partial charge in [0.15, 0.2) is 0 Å². The third-order valence-corrected chi connectivity index (χ3v) is 6.16. The molecule has 1 amide bonds. The fourth-order valence-corrected chi connectivity index (χ4v) is 4.90. The van der Waals surface area contributed by atoms with Crippen molar-refractivity contribution in [2.45, 2.75) is 37.4 Å². The van der Waals surface area contributed by atoms with Crippen LogP contribution in [0.5, 0.6) is 0 Å². The van der Waals surface area contributed by atoms with Crippen molar-refractivity contribution >= 4 is 39.4 Å². The number of rotatable bonds is 10. The summed E-state index contributed by atoms with van der Waals surface area (Å²) in [4.78, 5) is 32.7. The molecule has 1 aliphatic heterocycles. The number of carbonyl (C=O) groups is 3. The molecule has 0 spiro atoms. The lowest BCUT2D eigenvalue weighted by Gasteiger charge is -2.10. The molecule has 1 atom stereocenters. The third-order valence-electron chi connectivity index (χ3n) is 3.16. The van der Waals surface area contributed by atoms with Crippen molar-refractivity contribution < 1.29 is 24.6 Å². The van der Waals surface area contributed by atoms with E-state index in [-0.39, 0.29) is 5.91 Å². The van der Waals surface area contributed by atoms with Crippen molar-refractivity contribution in [1.29, 1.82) is 0 Å². The summed E-state index contributed by atoms with van der Waals surface area (Å²) in [6.07, 6.45) is 6.67. The Labute approximate surface area is 157 Å². The largest absolute Gasteiger partial charge is 0.478 e. The van der Waals surface area contributed by atoms with Gasteiger partial charge >= 0.3 is 11.9 Å². The van der Waals surface area contributed by atoms with E-state index in [2.05, 4.69) is 10.2 Å². The maximum Gasteiger partial charge on any atom is 0.328 e. The Morgan fingerprint density at radius 2 is 1.80 bits per heavy atom. The van der Waals surface area contributed by atoms with Crippen LogP contribution in [0.2, 0.25) is 0 Å². The van der Waals surface area contributed by atoms with Gasteiger partial charge in [0.1, 0.15) is 0 Å². The van der Waals surface area contributed by atoms with Gasteiger partial charge in [-0.15, -0.1) is 0 Å². The molecule has 0 aliphatic carbocycles. The third kappa shape index (κ3) is 17.4. The number of carbonyl (C=O) groups excluding carboxylic acids is 1. The molecule has 144 valence electrons. The van der Waals surface area contributed by atoms with E-state index in [9.17, 15) is 14.4 Å². The van der Waals surface area contributed by atoms with Crippen LogP contribution >= 0.6 is 21.6 Å². The van der Waals surface area contributed by atoms with Crippen LogP contribution < -0.4 is 5.32 Å². The van der Waals surface area contributed by atoms with E-state index < -0.39 is 11.9 Å². The molecule has 0 aromatic heterocycles. The van der Waals surface area contributed by atoms with Crippen LogP contribution in [0.4, 0.5) is 0 Å². The highest BCUT2D eigenvalue weighted by atomic mass is 33.1. The normalized spacial score (nSPS) is 16.5. The van der Waals surface area contributed by atoms with Crippen LogP contribution in [0.1, 0.15) is 32.1 Å². The highest BCUT2D eigenvalue weighted by Crippen LogP contribution is 2.39. The molecule has 0 aromatic carbocycles. The summed E-state index contributed by atoms with van der Waals surface area (Å²) in [6, 6.07) is 0. The highest BCUT2D eigenvalue weighted by Gasteiger charge is 2.15. The summed E-state index contributed by atoms with van der Waals surface area (Å²) in [5.74, 6) is -1.000. The lowest BCUT2D eigenvalue weighted by atomic mass is 10.1. The minimum Gasteiger partial charge on any atom is -0.478 e. The number of nitrogens with one attached hydrogen (secondary N) is 1. The van der Waals surface area contributed by atoms with Gasteiger partial charge in [0.05, 0.1) is 0 Å². The van der Waals surface area contributed by atoms with Gasteiger partial charge in [-0.05, 0) is 33.4 Å². The Kier molecular flexibility index (Phi) is 14.4. The van der Waals surface area contributed by atoms with Crippen molar-refractivity contribution in [2.24, 2.45) is 0 Å². The average molecular weight is 393 g/mol. The Morgan fingerprint density at radius 1 is 1.16 bits per heavy atom. The highest BCUT2D eigenvalue weighted by molar-refractivity contribution is 8.77. The molecule has 25 heavy (non-hydrogen) atoms. The van der Waals surface area contributed by atoms with Crippen LogP contribution in [0.3, 0.4) is 0 Å². The number of amides is 1. The summed E-state index contributed by atoms with van der Waals surface area (Å²) in [6.45, 7) is 1.68. The number of unbranched alkanes of at least 4 members (excludes halogenated alkanes) is 1. The zero-order chi connectivity index (χ0) is 19.1. The van der Waals surface area contributed by atoms with E-state index in [0.717, 1.165) is 24.8 Å². The van der Waals surface area contributed by atoms with Gasteiger partial charge in [-0.2, -0.15) is 0 Å². The van der Waals surface area contributed by atoms with E-state index >= 15 is 0 Å². The molecular weight excluding hydrogens is 364 g/mol. The standard InChI is InChI=1S/C12H24N2OS2.C4H4O4/c1-14(2)9-8-13-12(15)6-4-3-5-11-7-10-16-17-11;5-3(6)1-2-4(7)8/h11H,3-10H2,1-2H3,(H,13,15);1-2H,(H,5,6)(H,7,8)/b;2-1-. The summed E-state index contributed by atoms with van der Waals surface area (Å²) in [5, 5.41) is 19.4. The van der Waals surface area contributed by atoms with E-state index in [0.29, 0.717) is 18.6 Å². The maximum atomic E-state index is 11.5. The Morgan fingerprint density at radius 3 is 2.28 bits per heavy atom. The van der Waals surface area contributed by atoms with Crippen LogP contribution in [0.15, 0.2) is 12.2 Å². The zero-order valence-electron chi connectivity index (χ0n) is 14.8. The first-order valence-corrected chi connectivity index (χ1v) is 10.5. The number of carboxylic acid groups (broad SMARTS) is 2. The minimum absolute atomic E-state index is 0.209. The minimum atomic E-state index is -1.26. The molecule has 0 radical (unpaired) electrons. The first-order valence-electron chi connectivity index (χ1n) is 8.15. The maximum absolute atomic E-state index is 11.5. The summed E-state index contributed by atoms with van der Waals surface area (Å²) < 4.78 is 0. The number of likely N-dealkylation sites (N-methyl/N-ethyl adjacent to an activating group) is 1. The molecule has 7 nitrogen and oxygen atoms in total. The molecule has 1 rings (SSSR count). The van der Waals surface area contributed by atoms with Crippen LogP contribution in [0.25, 0.3) is 0 Å². The molecule has 0 aromatic rings. The molecule has 1 unspecified atom stereocenters. The lowest BCUT2D eigenvalue weighted by molar-refractivity contribution is -0.134. The molecule has 1 saturated heterocycles. The molecule has 9 heteroatoms. The van der Waals surface area contributed by atoms with E-state index in [1.165, 1.54) is 25.0 Å². The Balaban J connectivity index is 0.000000609. The molecule has 1 aliphatic rings. The second kappa shape index (κ2) is 15.1. The molecule has 0 saturated carbocycles. The first-order chi connectivity index (χ1) is 11.8. The second-order valence-corrected chi connectivity index (χ2v) is 8.53. The number of hydrogen-bond acceptors (Lipinski definition) is 6. The van der Waals surface area contributed by atoms with E-state index in [1.807, 2.05) is 35.7 Å². The average Bonchev–Trinajstić information content (AvgIpc) is 3.03. The molecule has 3 N–H and O–H groups in total. The van der Waals surface area contributed by atoms with Gasteiger partial charge in [-0.25, -0.2) is 9.59 Å². The van der Waals surface area contributed by atoms with Gasteiger partial charge in [-0.1, -0.05) is 28.0 Å². The number of nitrogens with zero attached hydrogens (tertiary/aromatic N) is 1. The van der Waals surface area contributed by atoms with Crippen LogP contribution in [0, 0.1) is 0 Å². The Bertz CT molecular complexity index is 422. The quantitative estimate of drug-likeness (QED) is 0.295. The summed E-state index contributed by atoms with van der Waals surface area (Å²) in [7, 11) is 8.06. The predicted octanol–water partition coefficient (Wildman–Crippen LogP) is 2.09. The fraction of sp³-hybridized carbons (Fsp3) is 0.688. The number of aliphatic carboxylic acids is 2. The predicted molar refractivity (Wildman–Crippen MR) is 103 cm³/mol. The molecule has 0 bridgehead atoms. The molecular formula is C16H28N2O5S2. The van der Waals surface area contributed by atoms with Gasteiger partial charge in [0.2, 0.25) is 5.91 Å². The van der Waals surface area contributed by atoms with Crippen LogP contribution in [-0.2, 0) is 14.4 Å². The van der Waals surface area contributed by atoms with Gasteiger partial charge < -0.3 is 20.4 Å². The lowest BCUT2D eigenvalue weighted by Crippen LogP contribution is -2.31. The summed E-state index contributed by atoms with van der Waals surface area (Å²) >= 11 is 0. The topological polar surface area (TPSA) is 107 Å². The van der Waals surface area contributed by atoms with Gasteiger partial charge in [-0.3, -0.25) is 4.79 Å². The summed E-state index contributed by atoms with van der Waals surface area (Å²) in [5.41, 5.74) is 0. The smallest absolute Gasteiger partial charge is 0.328 e. The van der Waals surface area contributed by atoms with Crippen molar-refractivity contribution in [3.8, 4) is 0 Å². The van der Waals surface area contributed by atoms with Crippen molar-refractivity contribution in [2.75, 3.05) is 32.9 Å². The molecule has 1 heterocycles. The van der Waals surface area contributed by atoms with Crippen molar-refractivity contribution in [1.82, 2.24) is 10.2 Å². The van der Waals surface area contributed by atoms with E-state index in [1.54, 1.807) is 0 Å². The Hall–Kier alpha value is -1.19. The molecule has 1 fully saturated rings. The zero-order valence-corrected chi connectivity index (χ0v) is 16.4. The van der Waals surface area contributed by atoms with Crippen LogP contribution in [-0.4, -0.2) is 71.1 Å². The van der Waals surface area contributed by atoms with Gasteiger partial charge in [0.25, 0.3) is 0 Å². The SMILES string of the molecule is CN(C)CCNC(=O)CCCCC1CCSS1.O=C(O)/C=C\C(=O)O. The van der Waals surface area contributed by atoms with E-state index in [4.69, 9.17) is 10.2 Å². The van der Waals surface area contributed by atoms with Crippen molar-refractivity contribution in [3.63, 3.8) is 0 Å². The fourth-order valence-electron chi connectivity index (χ4n) is 1.87. The second-order valence-electron chi connectivity index (χ2n) is 5.74.